The molecule has 1 aliphatic rings. The van der Waals surface area contributed by atoms with Crippen molar-refractivity contribution in [2.75, 3.05) is 20.5 Å². The molecule has 0 saturated heterocycles. The molecule has 1 aliphatic carbocycles. The smallest absolute Gasteiger partial charge is 0.0367 e. The number of rotatable bonds is 1. The molecular formula is C8H19Cl2N. The number of alkyl halides is 2. The van der Waals surface area contributed by atoms with Crippen LogP contribution in [0.25, 0.3) is 0 Å². The van der Waals surface area contributed by atoms with Crippen molar-refractivity contribution in [2.24, 2.45) is 5.92 Å². The Labute approximate surface area is 80.5 Å². The van der Waals surface area contributed by atoms with Crippen molar-refractivity contribution in [1.82, 2.24) is 5.32 Å². The zero-order chi connectivity index (χ0) is 9.28. The molecule has 1 N–H and O–H groups in total. The monoisotopic (exact) mass is 199 g/mol. The van der Waals surface area contributed by atoms with Crippen molar-refractivity contribution in [1.29, 1.82) is 0 Å². The van der Waals surface area contributed by atoms with Crippen LogP contribution in [0.5, 0.6) is 0 Å². The first-order chi connectivity index (χ1) is 5.26. The van der Waals surface area contributed by atoms with Gasteiger partial charge in [-0.1, -0.05) is 13.3 Å². The van der Waals surface area contributed by atoms with E-state index in [1.807, 2.05) is 14.1 Å². The van der Waals surface area contributed by atoms with Gasteiger partial charge in [0.1, 0.15) is 0 Å². The van der Waals surface area contributed by atoms with E-state index in [1.54, 1.807) is 0 Å². The average molecular weight is 200 g/mol. The van der Waals surface area contributed by atoms with E-state index >= 15 is 0 Å². The van der Waals surface area contributed by atoms with E-state index in [2.05, 4.69) is 23.8 Å². The Kier molecular flexibility index (Phi) is 13.5. The van der Waals surface area contributed by atoms with E-state index in [4.69, 9.17) is 11.6 Å². The van der Waals surface area contributed by atoms with Crippen LogP contribution in [-0.2, 0) is 0 Å². The molecule has 0 aromatic carbocycles. The quantitative estimate of drug-likeness (QED) is 0.641. The Morgan fingerprint density at radius 3 is 1.64 bits per heavy atom. The van der Waals surface area contributed by atoms with Gasteiger partial charge in [0.25, 0.3) is 0 Å². The predicted octanol–water partition coefficient (Wildman–Crippen LogP) is 2.71. The fourth-order valence-electron chi connectivity index (χ4n) is 0.633. The van der Waals surface area contributed by atoms with Gasteiger partial charge in [-0.15, -0.1) is 23.2 Å². The summed E-state index contributed by atoms with van der Waals surface area (Å²) in [5, 5.41) is 3.29. The Morgan fingerprint density at radius 2 is 1.64 bits per heavy atom. The van der Waals surface area contributed by atoms with Crippen LogP contribution in [-0.4, -0.2) is 25.9 Å². The van der Waals surface area contributed by atoms with Crippen molar-refractivity contribution in [3.8, 4) is 0 Å². The molecule has 3 heteroatoms. The van der Waals surface area contributed by atoms with Crippen LogP contribution >= 0.6 is 23.2 Å². The Hall–Kier alpha value is 0.540. The Morgan fingerprint density at radius 1 is 1.36 bits per heavy atom. The van der Waals surface area contributed by atoms with Crippen LogP contribution in [0.15, 0.2) is 0 Å². The molecule has 0 heterocycles. The molecule has 2 unspecified atom stereocenters. The SMILES string of the molecule is CCC1CC1Cl.CCl.CNC. The van der Waals surface area contributed by atoms with Crippen molar-refractivity contribution >= 4 is 23.2 Å². The van der Waals surface area contributed by atoms with Gasteiger partial charge in [-0.2, -0.15) is 0 Å². The van der Waals surface area contributed by atoms with Crippen LogP contribution in [0.1, 0.15) is 19.8 Å². The molecule has 0 radical (unpaired) electrons. The zero-order valence-corrected chi connectivity index (χ0v) is 9.34. The molecule has 0 aliphatic heterocycles. The lowest BCUT2D eigenvalue weighted by Gasteiger charge is -1.77. The molecule has 0 spiro atoms. The first-order valence-corrected chi connectivity index (χ1v) is 5.05. The maximum absolute atomic E-state index is 5.65. The number of halogens is 2. The van der Waals surface area contributed by atoms with Gasteiger partial charge in [0.15, 0.2) is 0 Å². The second kappa shape index (κ2) is 10.5. The summed E-state index contributed by atoms with van der Waals surface area (Å²) in [6.45, 7) is 2.19. The maximum Gasteiger partial charge on any atom is 0.0367 e. The third kappa shape index (κ3) is 10.5. The van der Waals surface area contributed by atoms with E-state index < -0.39 is 0 Å². The normalized spacial score (nSPS) is 25.6. The summed E-state index contributed by atoms with van der Waals surface area (Å²) in [6.07, 6.45) is 4.01. The van der Waals surface area contributed by atoms with Crippen LogP contribution in [0.2, 0.25) is 0 Å². The highest BCUT2D eigenvalue weighted by Gasteiger charge is 2.32. The first kappa shape index (κ1) is 14.1. The summed E-state index contributed by atoms with van der Waals surface area (Å²) >= 11 is 10.3. The van der Waals surface area contributed by atoms with E-state index in [9.17, 15) is 0 Å². The minimum Gasteiger partial charge on any atom is -0.323 e. The molecule has 1 rings (SSSR count). The topological polar surface area (TPSA) is 12.0 Å². The molecule has 1 fully saturated rings. The fourth-order valence-corrected chi connectivity index (χ4v) is 1.04. The summed E-state index contributed by atoms with van der Waals surface area (Å²) in [4.78, 5) is 0. The highest BCUT2D eigenvalue weighted by molar-refractivity contribution is 6.22. The lowest BCUT2D eigenvalue weighted by Crippen LogP contribution is -1.89. The summed E-state index contributed by atoms with van der Waals surface area (Å²) in [7, 11) is 3.75. The highest BCUT2D eigenvalue weighted by Crippen LogP contribution is 2.38. The number of hydrogen-bond acceptors (Lipinski definition) is 1. The predicted molar refractivity (Wildman–Crippen MR) is 54.8 cm³/mol. The highest BCUT2D eigenvalue weighted by atomic mass is 35.5. The van der Waals surface area contributed by atoms with Crippen LogP contribution in [0.4, 0.5) is 0 Å². The molecule has 2 atom stereocenters. The third-order valence-electron chi connectivity index (χ3n) is 1.36. The number of hydrogen-bond donors (Lipinski definition) is 1. The van der Waals surface area contributed by atoms with Crippen molar-refractivity contribution in [3.05, 3.63) is 0 Å². The summed E-state index contributed by atoms with van der Waals surface area (Å²) in [6, 6.07) is 0. The second-order valence-electron chi connectivity index (χ2n) is 2.42. The lowest BCUT2D eigenvalue weighted by atomic mass is 10.3. The van der Waals surface area contributed by atoms with Gasteiger partial charge >= 0.3 is 0 Å². The largest absolute Gasteiger partial charge is 0.323 e. The van der Waals surface area contributed by atoms with Gasteiger partial charge < -0.3 is 5.32 Å². The minimum absolute atomic E-state index is 0.537. The zero-order valence-electron chi connectivity index (χ0n) is 7.82. The van der Waals surface area contributed by atoms with E-state index in [0.717, 1.165) is 5.92 Å². The van der Waals surface area contributed by atoms with Crippen molar-refractivity contribution in [3.63, 3.8) is 0 Å². The van der Waals surface area contributed by atoms with E-state index in [0.29, 0.717) is 5.38 Å². The molecule has 0 aromatic rings. The van der Waals surface area contributed by atoms with Gasteiger partial charge in [-0.05, 0) is 26.4 Å². The summed E-state index contributed by atoms with van der Waals surface area (Å²) < 4.78 is 0. The van der Waals surface area contributed by atoms with Crippen LogP contribution in [0, 0.1) is 5.92 Å². The standard InChI is InChI=1S/C5H9Cl.C2H7N.CH3Cl/c1-2-4-3-5(4)6;1-3-2;1-2/h4-5H,2-3H2,1H3;3H,1-2H3;1H3. The third-order valence-corrected chi connectivity index (χ3v) is 1.90. The van der Waals surface area contributed by atoms with Crippen molar-refractivity contribution < 1.29 is 0 Å². The molecule has 11 heavy (non-hydrogen) atoms. The molecule has 0 aromatic heterocycles. The first-order valence-electron chi connectivity index (χ1n) is 3.86. The maximum atomic E-state index is 5.65. The van der Waals surface area contributed by atoms with Crippen molar-refractivity contribution in [2.45, 2.75) is 25.1 Å². The van der Waals surface area contributed by atoms with Crippen LogP contribution < -0.4 is 5.32 Å². The summed E-state index contributed by atoms with van der Waals surface area (Å²) in [5.74, 6) is 0.867. The average Bonchev–Trinajstić information content (AvgIpc) is 2.72. The second-order valence-corrected chi connectivity index (χ2v) is 2.98. The molecule has 0 amide bonds. The molecule has 0 bridgehead atoms. The minimum atomic E-state index is 0.537. The van der Waals surface area contributed by atoms with E-state index in [-0.39, 0.29) is 0 Å². The molecular weight excluding hydrogens is 181 g/mol. The summed E-state index contributed by atoms with van der Waals surface area (Å²) in [5.41, 5.74) is 0. The lowest BCUT2D eigenvalue weighted by molar-refractivity contribution is 0.801. The van der Waals surface area contributed by atoms with Gasteiger partial charge in [0.05, 0.1) is 0 Å². The van der Waals surface area contributed by atoms with Gasteiger partial charge in [0.2, 0.25) is 0 Å². The number of nitrogens with one attached hydrogen (secondary N) is 1. The molecule has 1 nitrogen and oxygen atoms in total. The molecule has 1 saturated carbocycles. The van der Waals surface area contributed by atoms with Gasteiger partial charge in [-0.25, -0.2) is 0 Å². The van der Waals surface area contributed by atoms with Crippen LogP contribution in [0.3, 0.4) is 0 Å². The Bertz CT molecular complexity index is 67.1. The van der Waals surface area contributed by atoms with Gasteiger partial charge in [-0.3, -0.25) is 0 Å². The van der Waals surface area contributed by atoms with E-state index in [1.165, 1.54) is 19.2 Å². The van der Waals surface area contributed by atoms with Gasteiger partial charge in [0, 0.05) is 11.8 Å². The fraction of sp³-hybridized carbons (Fsp3) is 1.00. The Balaban J connectivity index is 0. The molecule has 70 valence electrons.